The molecular formula is C27H23BrFN3O4S. The lowest BCUT2D eigenvalue weighted by molar-refractivity contribution is -0.0805. The van der Waals surface area contributed by atoms with Crippen molar-refractivity contribution >= 4 is 45.3 Å². The average Bonchev–Trinajstić information content (AvgIpc) is 3.49. The van der Waals surface area contributed by atoms with Gasteiger partial charge in [0.2, 0.25) is 5.11 Å². The number of thiocarbonyl (C=S) groups is 1. The molecule has 2 saturated heterocycles. The van der Waals surface area contributed by atoms with E-state index in [1.165, 1.54) is 16.0 Å². The minimum absolute atomic E-state index is 0.0428. The molecule has 1 N–H and O–H groups in total. The predicted octanol–water partition coefficient (Wildman–Crippen LogP) is 5.23. The minimum atomic E-state index is -0.764. The van der Waals surface area contributed by atoms with E-state index in [9.17, 15) is 9.59 Å². The molecule has 3 aromatic rings. The zero-order valence-corrected chi connectivity index (χ0v) is 22.0. The first-order valence-electron chi connectivity index (χ1n) is 11.7. The van der Waals surface area contributed by atoms with Crippen molar-refractivity contribution in [2.45, 2.75) is 18.7 Å². The number of hydrogen-bond donors (Lipinski definition) is 1. The molecule has 37 heavy (non-hydrogen) atoms. The molecule has 0 radical (unpaired) electrons. The first kappa shape index (κ1) is 25.3. The maximum atomic E-state index is 15.2. The molecule has 2 heterocycles. The second-order valence-electron chi connectivity index (χ2n) is 8.80. The predicted molar refractivity (Wildman–Crippen MR) is 142 cm³/mol. The number of halogens is 2. The Morgan fingerprint density at radius 1 is 1.08 bits per heavy atom. The Hall–Kier alpha value is -3.34. The summed E-state index contributed by atoms with van der Waals surface area (Å²) in [5.41, 5.74) is 1.58. The van der Waals surface area contributed by atoms with Crippen molar-refractivity contribution in [2.24, 2.45) is 5.92 Å². The number of hydroxylamine groups is 2. The molecule has 2 aliphatic heterocycles. The Balaban J connectivity index is 1.41. The van der Waals surface area contributed by atoms with Crippen LogP contribution in [0.4, 0.5) is 9.18 Å². The normalized spacial score (nSPS) is 20.4. The molecule has 0 bridgehead atoms. The summed E-state index contributed by atoms with van der Waals surface area (Å²) in [4.78, 5) is 33.4. The van der Waals surface area contributed by atoms with E-state index in [0.29, 0.717) is 15.6 Å². The summed E-state index contributed by atoms with van der Waals surface area (Å²) < 4.78 is 21.4. The Kier molecular flexibility index (Phi) is 7.50. The molecule has 0 saturated carbocycles. The fraction of sp³-hybridized carbons (Fsp3) is 0.222. The van der Waals surface area contributed by atoms with Crippen LogP contribution >= 0.6 is 28.1 Å². The summed E-state index contributed by atoms with van der Waals surface area (Å²) in [5.74, 6) is -1.04. The second kappa shape index (κ2) is 11.0. The van der Waals surface area contributed by atoms with E-state index in [4.69, 9.17) is 21.8 Å². The average molecular weight is 584 g/mol. The molecule has 2 aliphatic rings. The van der Waals surface area contributed by atoms with Crippen molar-refractivity contribution in [1.82, 2.24) is 15.3 Å². The van der Waals surface area contributed by atoms with Gasteiger partial charge in [-0.3, -0.25) is 19.8 Å². The lowest BCUT2D eigenvalue weighted by Gasteiger charge is -2.33. The van der Waals surface area contributed by atoms with E-state index in [-0.39, 0.29) is 36.7 Å². The summed E-state index contributed by atoms with van der Waals surface area (Å²) in [6.45, 7) is 0.617. The van der Waals surface area contributed by atoms with Crippen LogP contribution < -0.4 is 5.32 Å². The van der Waals surface area contributed by atoms with E-state index in [0.717, 1.165) is 5.56 Å². The SMILES string of the molecule is O=C(NC(=S)N1OCC2CN(C(=O)OCc3ccccc3)C(c3cc(Br)ccc3F)C21)c1ccccc1. The third-order valence-corrected chi connectivity index (χ3v) is 7.22. The lowest BCUT2D eigenvalue weighted by Crippen LogP contribution is -2.48. The van der Waals surface area contributed by atoms with Gasteiger partial charge >= 0.3 is 6.09 Å². The van der Waals surface area contributed by atoms with E-state index in [1.54, 1.807) is 36.4 Å². The van der Waals surface area contributed by atoms with Crippen LogP contribution in [-0.4, -0.2) is 46.3 Å². The lowest BCUT2D eigenvalue weighted by atomic mass is 9.94. The Labute approximate surface area is 227 Å². The molecule has 7 nitrogen and oxygen atoms in total. The number of carbonyl (C=O) groups excluding carboxylic acids is 2. The number of carbonyl (C=O) groups is 2. The van der Waals surface area contributed by atoms with Crippen LogP contribution in [0.5, 0.6) is 0 Å². The zero-order valence-electron chi connectivity index (χ0n) is 19.6. The van der Waals surface area contributed by atoms with Gasteiger partial charge in [-0.25, -0.2) is 14.2 Å². The van der Waals surface area contributed by atoms with E-state index in [1.807, 2.05) is 36.4 Å². The monoisotopic (exact) mass is 583 g/mol. The highest BCUT2D eigenvalue weighted by Crippen LogP contribution is 2.44. The van der Waals surface area contributed by atoms with Gasteiger partial charge in [0, 0.05) is 28.1 Å². The molecule has 190 valence electrons. The summed E-state index contributed by atoms with van der Waals surface area (Å²) in [5, 5.41) is 4.15. The van der Waals surface area contributed by atoms with Crippen molar-refractivity contribution in [3.05, 3.63) is 106 Å². The van der Waals surface area contributed by atoms with Gasteiger partial charge in [0.15, 0.2) is 0 Å². The Bertz CT molecular complexity index is 1310. The van der Waals surface area contributed by atoms with Crippen LogP contribution in [0.1, 0.15) is 27.5 Å². The van der Waals surface area contributed by atoms with Crippen molar-refractivity contribution in [3.63, 3.8) is 0 Å². The summed E-state index contributed by atoms with van der Waals surface area (Å²) in [7, 11) is 0. The first-order chi connectivity index (χ1) is 17.9. The van der Waals surface area contributed by atoms with Crippen LogP contribution in [0.3, 0.4) is 0 Å². The minimum Gasteiger partial charge on any atom is -0.445 e. The highest BCUT2D eigenvalue weighted by molar-refractivity contribution is 9.10. The van der Waals surface area contributed by atoms with Gasteiger partial charge in [-0.2, -0.15) is 0 Å². The largest absolute Gasteiger partial charge is 0.445 e. The second-order valence-corrected chi connectivity index (χ2v) is 10.1. The van der Waals surface area contributed by atoms with Crippen molar-refractivity contribution in [2.75, 3.05) is 13.2 Å². The molecule has 3 atom stereocenters. The highest BCUT2D eigenvalue weighted by Gasteiger charge is 2.54. The fourth-order valence-corrected chi connectivity index (χ4v) is 5.39. The van der Waals surface area contributed by atoms with Crippen LogP contribution in [0.2, 0.25) is 0 Å². The van der Waals surface area contributed by atoms with Crippen molar-refractivity contribution < 1.29 is 23.6 Å². The number of fused-ring (bicyclic) bond motifs is 1. The van der Waals surface area contributed by atoms with Crippen LogP contribution in [-0.2, 0) is 16.2 Å². The molecule has 10 heteroatoms. The Morgan fingerprint density at radius 3 is 2.51 bits per heavy atom. The maximum Gasteiger partial charge on any atom is 0.410 e. The molecule has 0 spiro atoms. The van der Waals surface area contributed by atoms with Gasteiger partial charge in [0.25, 0.3) is 5.91 Å². The third-order valence-electron chi connectivity index (χ3n) is 6.44. The fourth-order valence-electron chi connectivity index (χ4n) is 4.74. The third kappa shape index (κ3) is 5.36. The van der Waals surface area contributed by atoms with Gasteiger partial charge in [-0.05, 0) is 48.1 Å². The quantitative estimate of drug-likeness (QED) is 0.424. The smallest absolute Gasteiger partial charge is 0.410 e. The van der Waals surface area contributed by atoms with Crippen molar-refractivity contribution in [3.8, 4) is 0 Å². The topological polar surface area (TPSA) is 71.1 Å². The summed E-state index contributed by atoms with van der Waals surface area (Å²) in [6.07, 6.45) is -0.568. The number of nitrogens with zero attached hydrogens (tertiary/aromatic N) is 2. The van der Waals surface area contributed by atoms with Crippen LogP contribution in [0, 0.1) is 11.7 Å². The highest BCUT2D eigenvalue weighted by atomic mass is 79.9. The molecule has 2 fully saturated rings. The van der Waals surface area contributed by atoms with Gasteiger partial charge in [0.05, 0.1) is 18.7 Å². The van der Waals surface area contributed by atoms with Gasteiger partial charge in [-0.1, -0.05) is 64.5 Å². The number of ether oxygens (including phenoxy) is 1. The summed E-state index contributed by atoms with van der Waals surface area (Å²) >= 11 is 8.93. The number of likely N-dealkylation sites (tertiary alicyclic amines) is 1. The van der Waals surface area contributed by atoms with Gasteiger partial charge in [-0.15, -0.1) is 0 Å². The molecule has 3 unspecified atom stereocenters. The molecule has 2 amide bonds. The number of benzene rings is 3. The number of hydrogen-bond acceptors (Lipinski definition) is 5. The number of nitrogens with one attached hydrogen (secondary N) is 1. The first-order valence-corrected chi connectivity index (χ1v) is 12.9. The van der Waals surface area contributed by atoms with Gasteiger partial charge < -0.3 is 4.74 Å². The molecule has 5 rings (SSSR count). The van der Waals surface area contributed by atoms with Crippen LogP contribution in [0.15, 0.2) is 83.3 Å². The van der Waals surface area contributed by atoms with E-state index >= 15 is 4.39 Å². The number of amides is 2. The number of rotatable bonds is 4. The summed E-state index contributed by atoms with van der Waals surface area (Å²) in [6, 6.07) is 21.3. The van der Waals surface area contributed by atoms with Gasteiger partial charge in [0.1, 0.15) is 12.4 Å². The molecular weight excluding hydrogens is 561 g/mol. The van der Waals surface area contributed by atoms with Crippen LogP contribution in [0.25, 0.3) is 0 Å². The zero-order chi connectivity index (χ0) is 25.9. The standard InChI is InChI=1S/C27H23BrFN3O4S/c28-20-11-12-22(29)21(13-20)24-23-19(14-31(24)27(34)35-15-17-7-3-1-4-8-17)16-36-32(23)26(37)30-25(33)18-9-5-2-6-10-18/h1-13,19,23-24H,14-16H2,(H,30,33,37). The van der Waals surface area contributed by atoms with E-state index in [2.05, 4.69) is 21.2 Å². The van der Waals surface area contributed by atoms with E-state index < -0.39 is 24.0 Å². The Morgan fingerprint density at radius 2 is 1.78 bits per heavy atom. The maximum absolute atomic E-state index is 15.2. The molecule has 0 aliphatic carbocycles. The molecule has 0 aromatic heterocycles. The molecule has 3 aromatic carbocycles. The van der Waals surface area contributed by atoms with Crippen molar-refractivity contribution in [1.29, 1.82) is 0 Å².